The van der Waals surface area contributed by atoms with Crippen molar-refractivity contribution in [1.82, 2.24) is 0 Å². The van der Waals surface area contributed by atoms with Crippen LogP contribution in [0.2, 0.25) is 0 Å². The molecule has 0 saturated carbocycles. The molecule has 9 heteroatoms. The van der Waals surface area contributed by atoms with Gasteiger partial charge in [-0.15, -0.1) is 0 Å². The van der Waals surface area contributed by atoms with Crippen molar-refractivity contribution in [3.8, 4) is 11.5 Å². The molecular formula is C11H13F3O5S. The van der Waals surface area contributed by atoms with E-state index in [1.165, 1.54) is 27.2 Å². The predicted molar refractivity (Wildman–Crippen MR) is 63.5 cm³/mol. The minimum Gasteiger partial charge on any atom is -0.493 e. The van der Waals surface area contributed by atoms with E-state index in [4.69, 9.17) is 9.47 Å². The summed E-state index contributed by atoms with van der Waals surface area (Å²) in [4.78, 5) is -0.403. The van der Waals surface area contributed by atoms with Gasteiger partial charge >= 0.3 is 6.18 Å². The molecule has 0 spiro atoms. The van der Waals surface area contributed by atoms with Crippen molar-refractivity contribution in [1.29, 1.82) is 0 Å². The summed E-state index contributed by atoms with van der Waals surface area (Å²) in [5, 5.41) is 0. The number of rotatable bonds is 5. The highest BCUT2D eigenvalue weighted by atomic mass is 32.2. The Morgan fingerprint density at radius 1 is 1.10 bits per heavy atom. The maximum absolute atomic E-state index is 12.0. The third-order valence-electron chi connectivity index (χ3n) is 2.33. The summed E-state index contributed by atoms with van der Waals surface area (Å²) < 4.78 is 73.4. The molecule has 0 bridgehead atoms. The highest BCUT2D eigenvalue weighted by molar-refractivity contribution is 7.86. The molecule has 0 fully saturated rings. The van der Waals surface area contributed by atoms with E-state index in [0.29, 0.717) is 0 Å². The Bertz CT molecular complexity index is 580. The molecule has 1 rings (SSSR count). The van der Waals surface area contributed by atoms with Crippen molar-refractivity contribution in [3.05, 3.63) is 17.7 Å². The van der Waals surface area contributed by atoms with Crippen molar-refractivity contribution >= 4 is 10.1 Å². The average molecular weight is 314 g/mol. The first-order valence-electron chi connectivity index (χ1n) is 5.29. The molecule has 0 aliphatic heterocycles. The maximum atomic E-state index is 12.0. The zero-order chi connectivity index (χ0) is 15.6. The number of hydrogen-bond acceptors (Lipinski definition) is 5. The van der Waals surface area contributed by atoms with E-state index in [2.05, 4.69) is 4.18 Å². The minimum absolute atomic E-state index is 0.0762. The molecule has 0 aliphatic rings. The second-order valence-corrected chi connectivity index (χ2v) is 5.39. The smallest absolute Gasteiger partial charge is 0.413 e. The Balaban J connectivity index is 3.18. The molecule has 20 heavy (non-hydrogen) atoms. The largest absolute Gasteiger partial charge is 0.493 e. The molecule has 0 unspecified atom stereocenters. The van der Waals surface area contributed by atoms with Gasteiger partial charge in [0, 0.05) is 6.07 Å². The number of alkyl halides is 3. The van der Waals surface area contributed by atoms with Gasteiger partial charge in [-0.05, 0) is 18.6 Å². The van der Waals surface area contributed by atoms with Crippen LogP contribution < -0.4 is 9.47 Å². The van der Waals surface area contributed by atoms with Crippen LogP contribution >= 0.6 is 0 Å². The zero-order valence-electron chi connectivity index (χ0n) is 10.9. The molecule has 1 aromatic rings. The van der Waals surface area contributed by atoms with Crippen LogP contribution in [0.4, 0.5) is 13.2 Å². The lowest BCUT2D eigenvalue weighted by Gasteiger charge is -2.13. The van der Waals surface area contributed by atoms with Crippen LogP contribution in [0.1, 0.15) is 5.56 Å². The van der Waals surface area contributed by atoms with Crippen molar-refractivity contribution in [2.24, 2.45) is 0 Å². The summed E-state index contributed by atoms with van der Waals surface area (Å²) in [5.41, 5.74) is 0.185. The molecule has 0 atom stereocenters. The van der Waals surface area contributed by atoms with Gasteiger partial charge in [-0.1, -0.05) is 0 Å². The Labute approximate surface area is 114 Å². The molecule has 0 radical (unpaired) electrons. The van der Waals surface area contributed by atoms with Gasteiger partial charge < -0.3 is 9.47 Å². The summed E-state index contributed by atoms with van der Waals surface area (Å²) in [6.07, 6.45) is -4.74. The van der Waals surface area contributed by atoms with Crippen molar-refractivity contribution in [2.75, 3.05) is 20.8 Å². The molecule has 0 heterocycles. The van der Waals surface area contributed by atoms with Crippen LogP contribution in [-0.2, 0) is 14.3 Å². The van der Waals surface area contributed by atoms with E-state index in [9.17, 15) is 21.6 Å². The van der Waals surface area contributed by atoms with E-state index < -0.39 is 27.8 Å². The Morgan fingerprint density at radius 2 is 1.60 bits per heavy atom. The van der Waals surface area contributed by atoms with Crippen LogP contribution in [0, 0.1) is 6.92 Å². The van der Waals surface area contributed by atoms with E-state index in [0.717, 1.165) is 6.07 Å². The molecular weight excluding hydrogens is 301 g/mol. The Kier molecular flexibility index (Phi) is 4.87. The van der Waals surface area contributed by atoms with Gasteiger partial charge in [-0.3, -0.25) is 4.18 Å². The summed E-state index contributed by atoms with van der Waals surface area (Å²) >= 11 is 0. The second-order valence-electron chi connectivity index (χ2n) is 3.80. The number of methoxy groups -OCH3 is 2. The Hall–Kier alpha value is -1.48. The lowest BCUT2D eigenvalue weighted by Crippen LogP contribution is -2.21. The highest BCUT2D eigenvalue weighted by Crippen LogP contribution is 2.33. The molecule has 5 nitrogen and oxygen atoms in total. The maximum Gasteiger partial charge on any atom is 0.413 e. The normalized spacial score (nSPS) is 12.3. The molecule has 0 saturated heterocycles. The third kappa shape index (κ3) is 4.01. The molecule has 0 aliphatic carbocycles. The quantitative estimate of drug-likeness (QED) is 0.780. The average Bonchev–Trinajstić information content (AvgIpc) is 2.35. The van der Waals surface area contributed by atoms with Gasteiger partial charge in [-0.25, -0.2) is 0 Å². The number of ether oxygens (including phenoxy) is 2. The van der Waals surface area contributed by atoms with Crippen molar-refractivity contribution in [3.63, 3.8) is 0 Å². The molecule has 0 aromatic heterocycles. The lowest BCUT2D eigenvalue weighted by atomic mass is 10.2. The first kappa shape index (κ1) is 16.6. The van der Waals surface area contributed by atoms with Gasteiger partial charge in [0.25, 0.3) is 10.1 Å². The fourth-order valence-corrected chi connectivity index (χ4v) is 2.56. The summed E-state index contributed by atoms with van der Waals surface area (Å²) in [6, 6.07) is 2.39. The van der Waals surface area contributed by atoms with Crippen molar-refractivity contribution < 1.29 is 35.2 Å². The predicted octanol–water partition coefficient (Wildman–Crippen LogP) is 2.28. The third-order valence-corrected chi connectivity index (χ3v) is 3.73. The highest BCUT2D eigenvalue weighted by Gasteiger charge is 2.32. The molecule has 114 valence electrons. The SMILES string of the molecule is COc1cc(C)c(S(=O)(=O)OCC(F)(F)F)cc1OC. The topological polar surface area (TPSA) is 61.8 Å². The van der Waals surface area contributed by atoms with Gasteiger partial charge in [0.15, 0.2) is 18.1 Å². The summed E-state index contributed by atoms with van der Waals surface area (Å²) in [5.74, 6) is 0.340. The number of halogens is 3. The van der Waals surface area contributed by atoms with Crippen LogP contribution in [0.15, 0.2) is 17.0 Å². The molecule has 0 N–H and O–H groups in total. The fourth-order valence-electron chi connectivity index (χ4n) is 1.44. The van der Waals surface area contributed by atoms with E-state index >= 15 is 0 Å². The molecule has 0 amide bonds. The Morgan fingerprint density at radius 3 is 2.05 bits per heavy atom. The van der Waals surface area contributed by atoms with E-state index in [1.807, 2.05) is 0 Å². The van der Waals surface area contributed by atoms with Gasteiger partial charge in [0.1, 0.15) is 4.90 Å². The van der Waals surface area contributed by atoms with Crippen LogP contribution in [0.5, 0.6) is 11.5 Å². The summed E-state index contributed by atoms with van der Waals surface area (Å²) in [6.45, 7) is -0.477. The first-order valence-corrected chi connectivity index (χ1v) is 6.70. The number of benzene rings is 1. The van der Waals surface area contributed by atoms with E-state index in [1.54, 1.807) is 0 Å². The standard InChI is InChI=1S/C11H13F3O5S/c1-7-4-8(17-2)9(18-3)5-10(7)20(15,16)19-6-11(12,13)14/h4-5H,6H2,1-3H3. The zero-order valence-corrected chi connectivity index (χ0v) is 11.8. The van der Waals surface area contributed by atoms with E-state index in [-0.39, 0.29) is 17.1 Å². The van der Waals surface area contributed by atoms with Gasteiger partial charge in [0.05, 0.1) is 14.2 Å². The number of aryl methyl sites for hydroxylation is 1. The van der Waals surface area contributed by atoms with Gasteiger partial charge in [0.2, 0.25) is 0 Å². The second kappa shape index (κ2) is 5.88. The molecule has 1 aromatic carbocycles. The van der Waals surface area contributed by atoms with Crippen LogP contribution in [0.25, 0.3) is 0 Å². The van der Waals surface area contributed by atoms with Crippen LogP contribution in [0.3, 0.4) is 0 Å². The fraction of sp³-hybridized carbons (Fsp3) is 0.455. The van der Waals surface area contributed by atoms with Gasteiger partial charge in [-0.2, -0.15) is 21.6 Å². The summed E-state index contributed by atoms with van der Waals surface area (Å²) in [7, 11) is -1.91. The monoisotopic (exact) mass is 314 g/mol. The number of hydrogen-bond donors (Lipinski definition) is 0. The van der Waals surface area contributed by atoms with Crippen LogP contribution in [-0.4, -0.2) is 35.4 Å². The lowest BCUT2D eigenvalue weighted by molar-refractivity contribution is -0.152. The first-order chi connectivity index (χ1) is 9.10. The minimum atomic E-state index is -4.74. The van der Waals surface area contributed by atoms with Crippen molar-refractivity contribution in [2.45, 2.75) is 18.0 Å².